The largest absolute Gasteiger partial charge is 0.385 e. The Morgan fingerprint density at radius 1 is 1.08 bits per heavy atom. The SMILES string of the molecule is COCCC1(OC)CCCCC1. The van der Waals surface area contributed by atoms with Crippen molar-refractivity contribution >= 4 is 0 Å². The average Bonchev–Trinajstić information content (AvgIpc) is 2.16. The zero-order valence-corrected chi connectivity index (χ0v) is 8.27. The molecule has 0 amide bonds. The Balaban J connectivity index is 2.37. The van der Waals surface area contributed by atoms with Crippen LogP contribution in [0.3, 0.4) is 0 Å². The second kappa shape index (κ2) is 4.83. The molecule has 0 unspecified atom stereocenters. The van der Waals surface area contributed by atoms with Crippen LogP contribution in [0.25, 0.3) is 0 Å². The van der Waals surface area contributed by atoms with E-state index in [2.05, 4.69) is 0 Å². The van der Waals surface area contributed by atoms with Gasteiger partial charge in [0, 0.05) is 20.8 Å². The van der Waals surface area contributed by atoms with Crippen LogP contribution < -0.4 is 0 Å². The third-order valence-corrected chi connectivity index (χ3v) is 2.96. The lowest BCUT2D eigenvalue weighted by molar-refractivity contribution is -0.0579. The van der Waals surface area contributed by atoms with E-state index in [0.29, 0.717) is 0 Å². The molecule has 1 rings (SSSR count). The van der Waals surface area contributed by atoms with Crippen molar-refractivity contribution in [3.05, 3.63) is 0 Å². The summed E-state index contributed by atoms with van der Waals surface area (Å²) in [6.45, 7) is 0.827. The molecule has 2 heteroatoms. The molecule has 0 saturated heterocycles. The van der Waals surface area contributed by atoms with Gasteiger partial charge in [0.1, 0.15) is 0 Å². The predicted molar refractivity (Wildman–Crippen MR) is 49.3 cm³/mol. The van der Waals surface area contributed by atoms with Gasteiger partial charge in [-0.05, 0) is 19.3 Å². The fourth-order valence-corrected chi connectivity index (χ4v) is 2.04. The molecule has 0 aromatic carbocycles. The van der Waals surface area contributed by atoms with Crippen molar-refractivity contribution < 1.29 is 9.47 Å². The van der Waals surface area contributed by atoms with Gasteiger partial charge >= 0.3 is 0 Å². The van der Waals surface area contributed by atoms with Crippen LogP contribution in [0.2, 0.25) is 0 Å². The van der Waals surface area contributed by atoms with Gasteiger partial charge in [-0.15, -0.1) is 0 Å². The molecule has 1 fully saturated rings. The molecule has 0 radical (unpaired) electrons. The first kappa shape index (κ1) is 10.0. The highest BCUT2D eigenvalue weighted by molar-refractivity contribution is 4.83. The third kappa shape index (κ3) is 2.46. The predicted octanol–water partition coefficient (Wildman–Crippen LogP) is 2.37. The summed E-state index contributed by atoms with van der Waals surface area (Å²) in [6.07, 6.45) is 7.49. The van der Waals surface area contributed by atoms with Gasteiger partial charge in [0.15, 0.2) is 0 Å². The van der Waals surface area contributed by atoms with Gasteiger partial charge in [-0.3, -0.25) is 0 Å². The molecule has 0 aliphatic heterocycles. The van der Waals surface area contributed by atoms with Gasteiger partial charge in [0.25, 0.3) is 0 Å². The van der Waals surface area contributed by atoms with Crippen molar-refractivity contribution in [2.75, 3.05) is 20.8 Å². The van der Waals surface area contributed by atoms with E-state index in [1.807, 2.05) is 7.11 Å². The fraction of sp³-hybridized carbons (Fsp3) is 1.00. The topological polar surface area (TPSA) is 18.5 Å². The van der Waals surface area contributed by atoms with E-state index < -0.39 is 0 Å². The Hall–Kier alpha value is -0.0800. The molecule has 12 heavy (non-hydrogen) atoms. The molecule has 0 aromatic heterocycles. The van der Waals surface area contributed by atoms with Crippen molar-refractivity contribution in [3.63, 3.8) is 0 Å². The summed E-state index contributed by atoms with van der Waals surface area (Å²) in [7, 11) is 3.59. The van der Waals surface area contributed by atoms with Crippen LogP contribution in [0, 0.1) is 0 Å². The lowest BCUT2D eigenvalue weighted by atomic mass is 9.82. The Labute approximate surface area is 75.2 Å². The summed E-state index contributed by atoms with van der Waals surface area (Å²) < 4.78 is 10.7. The van der Waals surface area contributed by atoms with Gasteiger partial charge in [-0.1, -0.05) is 19.3 Å². The minimum absolute atomic E-state index is 0.147. The number of hydrogen-bond donors (Lipinski definition) is 0. The molecule has 0 heterocycles. The van der Waals surface area contributed by atoms with Crippen LogP contribution in [0.5, 0.6) is 0 Å². The molecule has 0 bridgehead atoms. The first-order valence-corrected chi connectivity index (χ1v) is 4.87. The molecule has 1 saturated carbocycles. The molecular weight excluding hydrogens is 152 g/mol. The van der Waals surface area contributed by atoms with E-state index in [0.717, 1.165) is 13.0 Å². The monoisotopic (exact) mass is 172 g/mol. The molecule has 1 aliphatic rings. The van der Waals surface area contributed by atoms with Crippen LogP contribution in [-0.2, 0) is 9.47 Å². The lowest BCUT2D eigenvalue weighted by Crippen LogP contribution is -2.35. The first-order chi connectivity index (χ1) is 5.83. The van der Waals surface area contributed by atoms with Gasteiger partial charge in [0.2, 0.25) is 0 Å². The van der Waals surface area contributed by atoms with Crippen molar-refractivity contribution in [1.82, 2.24) is 0 Å². The molecular formula is C10H20O2. The Morgan fingerprint density at radius 3 is 2.25 bits per heavy atom. The summed E-state index contributed by atoms with van der Waals surface area (Å²) in [5.41, 5.74) is 0.147. The average molecular weight is 172 g/mol. The summed E-state index contributed by atoms with van der Waals surface area (Å²) in [6, 6.07) is 0. The van der Waals surface area contributed by atoms with E-state index in [4.69, 9.17) is 9.47 Å². The van der Waals surface area contributed by atoms with Crippen molar-refractivity contribution in [3.8, 4) is 0 Å². The minimum atomic E-state index is 0.147. The minimum Gasteiger partial charge on any atom is -0.385 e. The molecule has 0 aromatic rings. The quantitative estimate of drug-likeness (QED) is 0.648. The van der Waals surface area contributed by atoms with E-state index in [-0.39, 0.29) is 5.60 Å². The second-order valence-electron chi connectivity index (χ2n) is 3.69. The highest BCUT2D eigenvalue weighted by Gasteiger charge is 2.30. The van der Waals surface area contributed by atoms with Gasteiger partial charge in [-0.2, -0.15) is 0 Å². The zero-order chi connectivity index (χ0) is 8.86. The Bertz CT molecular complexity index is 117. The maximum Gasteiger partial charge on any atom is 0.0700 e. The van der Waals surface area contributed by atoms with Crippen molar-refractivity contribution in [2.45, 2.75) is 44.1 Å². The fourth-order valence-electron chi connectivity index (χ4n) is 2.04. The molecule has 72 valence electrons. The van der Waals surface area contributed by atoms with Crippen LogP contribution >= 0.6 is 0 Å². The molecule has 1 aliphatic carbocycles. The van der Waals surface area contributed by atoms with Crippen molar-refractivity contribution in [2.24, 2.45) is 0 Å². The third-order valence-electron chi connectivity index (χ3n) is 2.96. The highest BCUT2D eigenvalue weighted by Crippen LogP contribution is 2.33. The van der Waals surface area contributed by atoms with Crippen LogP contribution in [0.1, 0.15) is 38.5 Å². The van der Waals surface area contributed by atoms with Gasteiger partial charge < -0.3 is 9.47 Å². The van der Waals surface area contributed by atoms with E-state index in [1.54, 1.807) is 7.11 Å². The smallest absolute Gasteiger partial charge is 0.0700 e. The number of ether oxygens (including phenoxy) is 2. The van der Waals surface area contributed by atoms with Crippen LogP contribution in [-0.4, -0.2) is 26.4 Å². The highest BCUT2D eigenvalue weighted by atomic mass is 16.5. The van der Waals surface area contributed by atoms with Gasteiger partial charge in [0.05, 0.1) is 5.60 Å². The van der Waals surface area contributed by atoms with Crippen LogP contribution in [0.15, 0.2) is 0 Å². The molecule has 0 spiro atoms. The van der Waals surface area contributed by atoms with E-state index in [1.165, 1.54) is 32.1 Å². The lowest BCUT2D eigenvalue weighted by Gasteiger charge is -2.35. The van der Waals surface area contributed by atoms with Crippen molar-refractivity contribution in [1.29, 1.82) is 0 Å². The second-order valence-corrected chi connectivity index (χ2v) is 3.69. The summed E-state index contributed by atoms with van der Waals surface area (Å²) in [5, 5.41) is 0. The summed E-state index contributed by atoms with van der Waals surface area (Å²) >= 11 is 0. The molecule has 0 atom stereocenters. The number of methoxy groups -OCH3 is 2. The standard InChI is InChI=1S/C10H20O2/c1-11-9-8-10(12-2)6-4-3-5-7-10/h3-9H2,1-2H3. The van der Waals surface area contributed by atoms with Gasteiger partial charge in [-0.25, -0.2) is 0 Å². The summed E-state index contributed by atoms with van der Waals surface area (Å²) in [4.78, 5) is 0. The number of rotatable bonds is 4. The normalized spacial score (nSPS) is 22.5. The maximum atomic E-state index is 5.60. The Kier molecular flexibility index (Phi) is 4.02. The molecule has 0 N–H and O–H groups in total. The summed E-state index contributed by atoms with van der Waals surface area (Å²) in [5.74, 6) is 0. The zero-order valence-electron chi connectivity index (χ0n) is 8.27. The Morgan fingerprint density at radius 2 is 1.75 bits per heavy atom. The number of hydrogen-bond acceptors (Lipinski definition) is 2. The maximum absolute atomic E-state index is 5.60. The van der Waals surface area contributed by atoms with E-state index in [9.17, 15) is 0 Å². The van der Waals surface area contributed by atoms with E-state index >= 15 is 0 Å². The van der Waals surface area contributed by atoms with Crippen LogP contribution in [0.4, 0.5) is 0 Å². The molecule has 2 nitrogen and oxygen atoms in total. The first-order valence-electron chi connectivity index (χ1n) is 4.87.